The summed E-state index contributed by atoms with van der Waals surface area (Å²) in [4.78, 5) is 4.02. The summed E-state index contributed by atoms with van der Waals surface area (Å²) < 4.78 is 11.2. The van der Waals surface area contributed by atoms with E-state index < -0.39 is 0 Å². The first kappa shape index (κ1) is 12.7. The molecule has 0 atom stereocenters. The van der Waals surface area contributed by atoms with E-state index in [1.54, 1.807) is 18.5 Å². The molecule has 0 fully saturated rings. The van der Waals surface area contributed by atoms with Crippen molar-refractivity contribution >= 4 is 11.6 Å². The van der Waals surface area contributed by atoms with Gasteiger partial charge >= 0.3 is 0 Å². The molecule has 0 aliphatic rings. The van der Waals surface area contributed by atoms with Crippen molar-refractivity contribution in [2.24, 2.45) is 0 Å². The van der Waals surface area contributed by atoms with E-state index in [0.29, 0.717) is 18.2 Å². The third kappa shape index (κ3) is 3.14. The number of hydrogen-bond acceptors (Lipinski definition) is 3. The lowest BCUT2D eigenvalue weighted by molar-refractivity contribution is 0.338. The Balaban J connectivity index is 2.20. The zero-order valence-electron chi connectivity index (χ0n) is 10.1. The van der Waals surface area contributed by atoms with Crippen molar-refractivity contribution < 1.29 is 9.47 Å². The summed E-state index contributed by atoms with van der Waals surface area (Å²) in [5.41, 5.74) is 0.862. The van der Waals surface area contributed by atoms with Gasteiger partial charge in [0.2, 0.25) is 0 Å². The van der Waals surface area contributed by atoms with E-state index in [1.165, 1.54) is 0 Å². The lowest BCUT2D eigenvalue weighted by atomic mass is 10.3. The number of rotatable bonds is 5. The van der Waals surface area contributed by atoms with Gasteiger partial charge in [0.1, 0.15) is 17.2 Å². The van der Waals surface area contributed by atoms with Crippen molar-refractivity contribution in [3.05, 3.63) is 48.3 Å². The van der Waals surface area contributed by atoms with E-state index in [4.69, 9.17) is 21.1 Å². The minimum absolute atomic E-state index is 0.369. The van der Waals surface area contributed by atoms with Gasteiger partial charge in [0, 0.05) is 24.0 Å². The molecule has 18 heavy (non-hydrogen) atoms. The average molecular weight is 264 g/mol. The highest BCUT2D eigenvalue weighted by molar-refractivity contribution is 6.17. The van der Waals surface area contributed by atoms with E-state index in [-0.39, 0.29) is 0 Å². The van der Waals surface area contributed by atoms with Crippen LogP contribution in [-0.4, -0.2) is 11.6 Å². The van der Waals surface area contributed by atoms with Crippen LogP contribution < -0.4 is 9.47 Å². The topological polar surface area (TPSA) is 31.4 Å². The van der Waals surface area contributed by atoms with E-state index >= 15 is 0 Å². The van der Waals surface area contributed by atoms with Crippen LogP contribution in [-0.2, 0) is 5.88 Å². The van der Waals surface area contributed by atoms with Gasteiger partial charge in [-0.3, -0.25) is 4.98 Å². The Bertz CT molecular complexity index is 517. The Morgan fingerprint density at radius 2 is 2.06 bits per heavy atom. The maximum atomic E-state index is 5.83. The molecule has 0 aliphatic carbocycles. The molecule has 0 N–H and O–H groups in total. The van der Waals surface area contributed by atoms with Crippen molar-refractivity contribution in [2.45, 2.75) is 12.8 Å². The number of halogens is 1. The molecule has 0 saturated heterocycles. The van der Waals surface area contributed by atoms with Gasteiger partial charge in [-0.15, -0.1) is 11.6 Å². The summed E-state index contributed by atoms with van der Waals surface area (Å²) in [6.45, 7) is 2.58. The highest BCUT2D eigenvalue weighted by Crippen LogP contribution is 2.28. The quantitative estimate of drug-likeness (QED) is 0.764. The largest absolute Gasteiger partial charge is 0.494 e. The fourth-order valence-corrected chi connectivity index (χ4v) is 1.74. The Morgan fingerprint density at radius 1 is 1.22 bits per heavy atom. The van der Waals surface area contributed by atoms with E-state index in [9.17, 15) is 0 Å². The Kier molecular flexibility index (Phi) is 4.42. The van der Waals surface area contributed by atoms with Crippen LogP contribution in [0.2, 0.25) is 0 Å². The first-order valence-electron chi connectivity index (χ1n) is 5.73. The Labute approximate surface area is 111 Å². The molecule has 0 spiro atoms. The normalized spacial score (nSPS) is 10.1. The summed E-state index contributed by atoms with van der Waals surface area (Å²) in [5, 5.41) is 0. The van der Waals surface area contributed by atoms with Gasteiger partial charge in [-0.05, 0) is 25.1 Å². The van der Waals surface area contributed by atoms with Crippen molar-refractivity contribution in [3.8, 4) is 17.2 Å². The summed E-state index contributed by atoms with van der Waals surface area (Å²) in [6.07, 6.45) is 3.38. The number of ether oxygens (including phenoxy) is 2. The van der Waals surface area contributed by atoms with E-state index in [2.05, 4.69) is 4.98 Å². The second-order valence-electron chi connectivity index (χ2n) is 3.63. The molecule has 0 aliphatic heterocycles. The first-order chi connectivity index (χ1) is 8.83. The highest BCUT2D eigenvalue weighted by Gasteiger charge is 2.04. The van der Waals surface area contributed by atoms with Gasteiger partial charge in [0.15, 0.2) is 0 Å². The van der Waals surface area contributed by atoms with Crippen molar-refractivity contribution in [2.75, 3.05) is 6.61 Å². The van der Waals surface area contributed by atoms with Crippen molar-refractivity contribution in [1.29, 1.82) is 0 Å². The lowest BCUT2D eigenvalue weighted by Gasteiger charge is -2.10. The van der Waals surface area contributed by atoms with Crippen LogP contribution in [0.25, 0.3) is 0 Å². The van der Waals surface area contributed by atoms with Crippen molar-refractivity contribution in [1.82, 2.24) is 4.98 Å². The lowest BCUT2D eigenvalue weighted by Crippen LogP contribution is -1.93. The first-order valence-corrected chi connectivity index (χ1v) is 6.26. The van der Waals surface area contributed by atoms with Crippen molar-refractivity contribution in [3.63, 3.8) is 0 Å². The minimum Gasteiger partial charge on any atom is -0.494 e. The third-order valence-corrected chi connectivity index (χ3v) is 2.64. The molecule has 3 nitrogen and oxygen atoms in total. The zero-order chi connectivity index (χ0) is 12.8. The molecule has 0 radical (unpaired) electrons. The molecule has 2 rings (SSSR count). The minimum atomic E-state index is 0.369. The number of alkyl halides is 1. The SMILES string of the molecule is CCOc1cccc(Oc2ccncc2CCl)c1. The van der Waals surface area contributed by atoms with Gasteiger partial charge in [-0.25, -0.2) is 0 Å². The standard InChI is InChI=1S/C14H14ClNO2/c1-2-17-12-4-3-5-13(8-12)18-14-6-7-16-10-11(14)9-15/h3-8,10H,2,9H2,1H3. The Hall–Kier alpha value is -1.74. The van der Waals surface area contributed by atoms with Crippen LogP contribution in [0.4, 0.5) is 0 Å². The molecule has 1 aromatic carbocycles. The van der Waals surface area contributed by atoms with Crippen LogP contribution in [0.15, 0.2) is 42.7 Å². The fourth-order valence-electron chi connectivity index (χ4n) is 1.54. The maximum Gasteiger partial charge on any atom is 0.134 e. The highest BCUT2D eigenvalue weighted by atomic mass is 35.5. The number of nitrogens with zero attached hydrogens (tertiary/aromatic N) is 1. The van der Waals surface area contributed by atoms with Gasteiger partial charge in [-0.2, -0.15) is 0 Å². The van der Waals surface area contributed by atoms with Gasteiger partial charge in [0.05, 0.1) is 12.5 Å². The third-order valence-electron chi connectivity index (χ3n) is 2.35. The summed E-state index contributed by atoms with van der Waals surface area (Å²) in [6, 6.07) is 9.31. The van der Waals surface area contributed by atoms with Crippen LogP contribution in [0.5, 0.6) is 17.2 Å². The molecule has 4 heteroatoms. The number of pyridine rings is 1. The smallest absolute Gasteiger partial charge is 0.134 e. The summed E-state index contributed by atoms with van der Waals surface area (Å²) >= 11 is 5.83. The van der Waals surface area contributed by atoms with Gasteiger partial charge < -0.3 is 9.47 Å². The van der Waals surface area contributed by atoms with Gasteiger partial charge in [0.25, 0.3) is 0 Å². The number of hydrogen-bond donors (Lipinski definition) is 0. The molecule has 0 saturated carbocycles. The second-order valence-corrected chi connectivity index (χ2v) is 3.89. The monoisotopic (exact) mass is 263 g/mol. The number of aromatic nitrogens is 1. The predicted molar refractivity (Wildman–Crippen MR) is 71.5 cm³/mol. The predicted octanol–water partition coefficient (Wildman–Crippen LogP) is 4.01. The molecule has 1 aromatic heterocycles. The Morgan fingerprint density at radius 3 is 2.83 bits per heavy atom. The molecular weight excluding hydrogens is 250 g/mol. The second kappa shape index (κ2) is 6.26. The molecule has 1 heterocycles. The summed E-state index contributed by atoms with van der Waals surface area (Å²) in [5.74, 6) is 2.59. The van der Waals surface area contributed by atoms with Crippen LogP contribution >= 0.6 is 11.6 Å². The molecule has 94 valence electrons. The van der Waals surface area contributed by atoms with E-state index in [0.717, 1.165) is 17.1 Å². The van der Waals surface area contributed by atoms with Crippen LogP contribution in [0.3, 0.4) is 0 Å². The molecule has 0 unspecified atom stereocenters. The zero-order valence-corrected chi connectivity index (χ0v) is 10.9. The summed E-state index contributed by atoms with van der Waals surface area (Å²) in [7, 11) is 0. The number of benzene rings is 1. The van der Waals surface area contributed by atoms with E-state index in [1.807, 2.05) is 31.2 Å². The average Bonchev–Trinajstić information content (AvgIpc) is 2.40. The van der Waals surface area contributed by atoms with Crippen LogP contribution in [0.1, 0.15) is 12.5 Å². The maximum absolute atomic E-state index is 5.83. The van der Waals surface area contributed by atoms with Crippen LogP contribution in [0, 0.1) is 0 Å². The van der Waals surface area contributed by atoms with Gasteiger partial charge in [-0.1, -0.05) is 6.07 Å². The molecule has 0 bridgehead atoms. The molecular formula is C14H14ClNO2. The molecule has 2 aromatic rings. The fraction of sp³-hybridized carbons (Fsp3) is 0.214. The molecule has 0 amide bonds.